The lowest BCUT2D eigenvalue weighted by Crippen LogP contribution is -2.49. The van der Waals surface area contributed by atoms with Gasteiger partial charge in [0.2, 0.25) is 11.8 Å². The standard InChI is InChI=1S/C17H29N3O7.C16H27N3O7.C12H21N3O4.C7H11N3O2.C7H4.C5H10O4.C5H12O3.C5H10O3.4H2S/c1-23-6-8-26-5-4-20(16(21)12-27-9-7-24-2)15(17(22)25-3)10-14-11-18-13-19-14;1-23-5-7-25-4-3-19(15(20)11-26-8-6-24-2)14(16(21)22)9-13-10-17-12-18-13;1-17-5-6-19-4-3-14-11(12(16)18-2)7-10-8-13-9-15-10;1-12-7(11)6(8)2-5-3-9-4-10-5;1-3-5-7-6-4-2;1-8-2-3-9-4-5(6)7;2*1-7-4-5-8-3-2-6;;;;/h11,13,15H,4-10,12H2,1-3H3,(H,18,19);10,12,14H,3-9,11H2,1-2H3,(H,17,18)(H,21,22);8-9,11,14H,3-7H2,1-2H3,(H,13,15);3-4,6H,2,8H2,1H3,(H,9,10);1H,2H3;2-4H2,1H3,(H,6,7);6H,2-5H2,1H3;2H,3-5H2,1H3;4*1H2/t15-;14-;11-;6-;;;;;;;;/m0000......../s1. The number of aromatic nitrogens is 8. The number of imidazole rings is 4. The first-order valence-electron chi connectivity index (χ1n) is 35.9. The van der Waals surface area contributed by atoms with Gasteiger partial charge in [-0.2, -0.15) is 54.0 Å². The third kappa shape index (κ3) is 79.9. The largest absolute Gasteiger partial charge is 0.480 e. The van der Waals surface area contributed by atoms with Gasteiger partial charge in [0.25, 0.3) is 0 Å². The maximum Gasteiger partial charge on any atom is 0.329 e. The van der Waals surface area contributed by atoms with E-state index in [0.717, 1.165) is 17.7 Å². The minimum atomic E-state index is -1.11. The molecule has 0 fully saturated rings. The van der Waals surface area contributed by atoms with Crippen molar-refractivity contribution >= 4 is 102 Å². The molecule has 4 aromatic heterocycles. The fraction of sp³-hybridized carbons (Fsp3) is 0.649. The van der Waals surface area contributed by atoms with Crippen molar-refractivity contribution in [1.82, 2.24) is 55.0 Å². The van der Waals surface area contributed by atoms with E-state index in [9.17, 15) is 43.5 Å². The van der Waals surface area contributed by atoms with E-state index in [1.807, 2.05) is 0 Å². The molecule has 0 unspecified atom stereocenters. The molecule has 10 N–H and O–H groups in total. The van der Waals surface area contributed by atoms with Crippen molar-refractivity contribution in [3.8, 4) is 36.0 Å². The van der Waals surface area contributed by atoms with Crippen LogP contribution in [0.2, 0.25) is 0 Å². The lowest BCUT2D eigenvalue weighted by Gasteiger charge is -2.29. The molecule has 0 spiro atoms. The van der Waals surface area contributed by atoms with E-state index in [2.05, 4.69) is 98.5 Å². The molecule has 4 aromatic rings. The normalized spacial score (nSPS) is 10.7. The van der Waals surface area contributed by atoms with Crippen LogP contribution in [0.5, 0.6) is 0 Å². The number of nitrogens with two attached hydrogens (primary N) is 1. The number of methoxy groups -OCH3 is 11. The fourth-order valence-electron chi connectivity index (χ4n) is 7.92. The number of hydrogen-bond donors (Lipinski definition) is 9. The van der Waals surface area contributed by atoms with Gasteiger partial charge >= 0.3 is 29.8 Å². The van der Waals surface area contributed by atoms with Crippen molar-refractivity contribution in [3.05, 3.63) is 72.9 Å². The second kappa shape index (κ2) is 98.2. The molecule has 0 aliphatic rings. The molecular weight excluding hydrogens is 1670 g/mol. The summed E-state index contributed by atoms with van der Waals surface area (Å²) in [6, 6.07) is -2.90. The Morgan fingerprint density at radius 3 is 1.14 bits per heavy atom. The van der Waals surface area contributed by atoms with Crippen molar-refractivity contribution < 1.29 is 144 Å². The summed E-state index contributed by atoms with van der Waals surface area (Å²) in [6.45, 7) is 10.6. The zero-order valence-corrected chi connectivity index (χ0v) is 74.8. The Morgan fingerprint density at radius 1 is 0.450 bits per heavy atom. The predicted octanol–water partition coefficient (Wildman–Crippen LogP) is -1.27. The number of aliphatic carboxylic acids is 2. The van der Waals surface area contributed by atoms with Crippen LogP contribution in [0, 0.1) is 36.0 Å². The highest BCUT2D eigenvalue weighted by Gasteiger charge is 2.32. The molecule has 692 valence electrons. The Morgan fingerprint density at radius 2 is 0.800 bits per heavy atom. The molecule has 4 atom stereocenters. The minimum Gasteiger partial charge on any atom is -0.480 e. The SMILES string of the molecule is C#CC#CC#CC.COC(=O)[C@@H](N)Cc1cnc[nH]1.COCCOCC(=O)O.COCCOCC=O.COCCOCCN(C(=O)COCCOC)[C@@H](Cc1cnc[nH]1)C(=O)O.COCCOCCN(C(=O)COCCOC)[C@@H](Cc1cnc[nH]1)C(=O)OC.COCCOCCN[C@@H](Cc1cnc[nH]1)C(=O)OC.COCCOCCO.S.S.S.S. The van der Waals surface area contributed by atoms with E-state index in [-0.39, 0.29) is 151 Å². The van der Waals surface area contributed by atoms with Crippen LogP contribution in [-0.2, 0) is 154 Å². The molecule has 4 rings (SSSR count). The Balaban J connectivity index is -0.000000208. The van der Waals surface area contributed by atoms with Gasteiger partial charge in [0.05, 0.1) is 185 Å². The van der Waals surface area contributed by atoms with Crippen molar-refractivity contribution in [3.63, 3.8) is 0 Å². The first-order chi connectivity index (χ1) is 56.3. The number of carboxylic acid groups (broad SMARTS) is 2. The molecule has 42 nitrogen and oxygen atoms in total. The number of aliphatic hydroxyl groups is 1. The number of hydrogen-bond acceptors (Lipinski definition) is 34. The van der Waals surface area contributed by atoms with Crippen LogP contribution in [0.4, 0.5) is 0 Å². The van der Waals surface area contributed by atoms with E-state index in [1.54, 1.807) is 80.8 Å². The van der Waals surface area contributed by atoms with E-state index >= 15 is 0 Å². The molecule has 0 aromatic carbocycles. The maximum absolute atomic E-state index is 12.7. The number of terminal acetylenes is 1. The number of carboxylic acids is 2. The fourth-order valence-corrected chi connectivity index (χ4v) is 7.92. The average molecular weight is 1800 g/mol. The Kier molecular flexibility index (Phi) is 105. The van der Waals surface area contributed by atoms with Crippen LogP contribution in [-0.4, -0.2) is 400 Å². The summed E-state index contributed by atoms with van der Waals surface area (Å²) >= 11 is 0. The number of aldehydes is 1. The summed E-state index contributed by atoms with van der Waals surface area (Å²) in [5, 5.41) is 28.9. The summed E-state index contributed by atoms with van der Waals surface area (Å²) in [5.74, 6) is 7.95. The average Bonchev–Trinajstić information content (AvgIpc) is 1.40. The van der Waals surface area contributed by atoms with Crippen molar-refractivity contribution in [2.75, 3.05) is 263 Å². The van der Waals surface area contributed by atoms with Crippen LogP contribution in [0.15, 0.2) is 50.1 Å². The van der Waals surface area contributed by atoms with E-state index < -0.39 is 54.0 Å². The highest BCUT2D eigenvalue weighted by atomic mass is 32.1. The molecule has 0 radical (unpaired) electrons. The zero-order valence-electron chi connectivity index (χ0n) is 70.8. The molecule has 120 heavy (non-hydrogen) atoms. The summed E-state index contributed by atoms with van der Waals surface area (Å²) in [5.41, 5.74) is 8.53. The van der Waals surface area contributed by atoms with Crippen LogP contribution >= 0.6 is 54.0 Å². The number of H-pyrrole nitrogens is 4. The van der Waals surface area contributed by atoms with Gasteiger partial charge in [0, 0.05) is 150 Å². The summed E-state index contributed by atoms with van der Waals surface area (Å²) in [6.07, 6.45) is 19.3. The number of carbonyl (C=O) groups excluding carboxylic acids is 6. The summed E-state index contributed by atoms with van der Waals surface area (Å²) in [7, 11) is 16.5. The lowest BCUT2D eigenvalue weighted by molar-refractivity contribution is -0.155. The van der Waals surface area contributed by atoms with Gasteiger partial charge in [-0.25, -0.2) is 34.3 Å². The molecule has 4 heterocycles. The smallest absolute Gasteiger partial charge is 0.329 e. The Labute approximate surface area is 731 Å². The van der Waals surface area contributed by atoms with Gasteiger partial charge in [-0.1, -0.05) is 5.92 Å². The first-order valence-corrected chi connectivity index (χ1v) is 35.9. The number of ether oxygens (including phenoxy) is 19. The number of carbonyl (C=O) groups is 8. The minimum absolute atomic E-state index is 0. The first kappa shape index (κ1) is 128. The summed E-state index contributed by atoms with van der Waals surface area (Å²) in [4.78, 5) is 121. The van der Waals surface area contributed by atoms with Crippen molar-refractivity contribution in [1.29, 1.82) is 0 Å². The van der Waals surface area contributed by atoms with Gasteiger partial charge < -0.3 is 151 Å². The second-order valence-electron chi connectivity index (χ2n) is 22.0. The number of esters is 3. The third-order valence-corrected chi connectivity index (χ3v) is 13.5. The predicted molar refractivity (Wildman–Crippen MR) is 458 cm³/mol. The maximum atomic E-state index is 12.7. The van der Waals surface area contributed by atoms with Gasteiger partial charge in [0.1, 0.15) is 56.9 Å². The van der Waals surface area contributed by atoms with Gasteiger partial charge in [0.15, 0.2) is 0 Å². The van der Waals surface area contributed by atoms with Gasteiger partial charge in [-0.15, -0.1) is 6.42 Å². The Hall–Kier alpha value is -7.88. The third-order valence-electron chi connectivity index (χ3n) is 13.5. The number of aromatic amines is 4. The van der Waals surface area contributed by atoms with Crippen molar-refractivity contribution in [2.45, 2.75) is 56.8 Å². The quantitative estimate of drug-likeness (QED) is 0.00818. The molecule has 0 aliphatic heterocycles. The molecular formula is C74H132N12O30S4. The molecule has 0 bridgehead atoms. The van der Waals surface area contributed by atoms with E-state index in [1.165, 1.54) is 64.2 Å². The zero-order chi connectivity index (χ0) is 87.1. The second-order valence-corrected chi connectivity index (χ2v) is 22.0. The highest BCUT2D eigenvalue weighted by Crippen LogP contribution is 2.12. The topological polar surface area (TPSA) is 532 Å². The molecule has 46 heteroatoms. The molecule has 0 saturated carbocycles. The van der Waals surface area contributed by atoms with Crippen LogP contribution in [0.1, 0.15) is 29.7 Å². The lowest BCUT2D eigenvalue weighted by atomic mass is 10.1. The number of nitrogens with zero attached hydrogens (tertiary/aromatic N) is 6. The Bertz CT molecular complexity index is 3120. The molecule has 0 aliphatic carbocycles. The summed E-state index contributed by atoms with van der Waals surface area (Å²) < 4.78 is 93.3. The van der Waals surface area contributed by atoms with Crippen molar-refractivity contribution in [2.24, 2.45) is 5.73 Å². The van der Waals surface area contributed by atoms with Gasteiger partial charge in [-0.05, 0) is 30.6 Å². The monoisotopic (exact) mass is 1800 g/mol. The van der Waals surface area contributed by atoms with Crippen LogP contribution < -0.4 is 11.1 Å². The van der Waals surface area contributed by atoms with Gasteiger partial charge in [-0.3, -0.25) is 19.2 Å². The van der Waals surface area contributed by atoms with Crippen LogP contribution in [0.25, 0.3) is 0 Å². The highest BCUT2D eigenvalue weighted by molar-refractivity contribution is 7.59. The number of aliphatic hydroxyl groups excluding tert-OH is 1. The number of nitrogens with one attached hydrogen (secondary N) is 5. The van der Waals surface area contributed by atoms with E-state index in [0.29, 0.717) is 136 Å². The number of rotatable bonds is 58. The van der Waals surface area contributed by atoms with E-state index in [4.69, 9.17) is 88.7 Å². The number of amides is 2. The molecule has 0 saturated heterocycles. The van der Waals surface area contributed by atoms with Crippen LogP contribution in [0.3, 0.4) is 0 Å². The molecule has 2 amide bonds.